The van der Waals surface area contributed by atoms with Crippen LogP contribution in [0.15, 0.2) is 24.3 Å². The molecular weight excluding hydrogens is 230 g/mol. The molecule has 0 aromatic heterocycles. The number of benzene rings is 1. The lowest BCUT2D eigenvalue weighted by molar-refractivity contribution is -0.0507. The molecule has 1 unspecified atom stereocenters. The van der Waals surface area contributed by atoms with E-state index in [-0.39, 0.29) is 12.3 Å². The number of ether oxygens (including phenoxy) is 3. The zero-order valence-electron chi connectivity index (χ0n) is 10.4. The first-order valence-electron chi connectivity index (χ1n) is 6.56. The summed E-state index contributed by atoms with van der Waals surface area (Å²) in [6.07, 6.45) is 3.28. The van der Waals surface area contributed by atoms with E-state index >= 15 is 0 Å². The highest BCUT2D eigenvalue weighted by Crippen LogP contribution is 2.29. The monoisotopic (exact) mass is 249 g/mol. The van der Waals surface area contributed by atoms with Gasteiger partial charge in [-0.2, -0.15) is 0 Å². The van der Waals surface area contributed by atoms with Gasteiger partial charge in [0.1, 0.15) is 5.75 Å². The van der Waals surface area contributed by atoms with Crippen LogP contribution in [0, 0.1) is 0 Å². The molecule has 0 spiro atoms. The standard InChI is InChI=1S/C14H19NO3/c15-13(9-14-16-6-7-17-14)10-2-1-3-12(8-10)18-11-4-5-11/h1-3,8,11,13-14H,4-7,9,15H2. The maximum absolute atomic E-state index is 6.17. The molecule has 2 fully saturated rings. The summed E-state index contributed by atoms with van der Waals surface area (Å²) in [6, 6.07) is 7.95. The fraction of sp³-hybridized carbons (Fsp3) is 0.571. The van der Waals surface area contributed by atoms with Crippen LogP contribution in [0.2, 0.25) is 0 Å². The minimum atomic E-state index is -0.159. The van der Waals surface area contributed by atoms with Gasteiger partial charge in [-0.3, -0.25) is 0 Å². The van der Waals surface area contributed by atoms with E-state index in [2.05, 4.69) is 0 Å². The second-order valence-corrected chi connectivity index (χ2v) is 4.90. The molecule has 0 bridgehead atoms. The van der Waals surface area contributed by atoms with Crippen LogP contribution in [-0.4, -0.2) is 25.6 Å². The first-order chi connectivity index (χ1) is 8.81. The molecule has 1 atom stereocenters. The van der Waals surface area contributed by atoms with Crippen molar-refractivity contribution in [3.8, 4) is 5.75 Å². The topological polar surface area (TPSA) is 53.7 Å². The molecule has 1 aliphatic heterocycles. The number of hydrogen-bond acceptors (Lipinski definition) is 4. The van der Waals surface area contributed by atoms with Crippen LogP contribution in [-0.2, 0) is 9.47 Å². The number of nitrogens with two attached hydrogens (primary N) is 1. The van der Waals surface area contributed by atoms with Crippen molar-refractivity contribution < 1.29 is 14.2 Å². The molecule has 2 N–H and O–H groups in total. The van der Waals surface area contributed by atoms with Crippen LogP contribution in [0.5, 0.6) is 5.75 Å². The van der Waals surface area contributed by atoms with Crippen molar-refractivity contribution in [1.82, 2.24) is 0 Å². The van der Waals surface area contributed by atoms with Crippen LogP contribution in [0.25, 0.3) is 0 Å². The first kappa shape index (κ1) is 12.0. The summed E-state index contributed by atoms with van der Waals surface area (Å²) in [6.45, 7) is 1.34. The highest BCUT2D eigenvalue weighted by molar-refractivity contribution is 5.31. The summed E-state index contributed by atoms with van der Waals surface area (Å²) in [4.78, 5) is 0. The Morgan fingerprint density at radius 3 is 2.78 bits per heavy atom. The van der Waals surface area contributed by atoms with Crippen LogP contribution >= 0.6 is 0 Å². The van der Waals surface area contributed by atoms with Crippen LogP contribution in [0.1, 0.15) is 30.9 Å². The molecule has 4 heteroatoms. The van der Waals surface area contributed by atoms with Crippen molar-refractivity contribution >= 4 is 0 Å². The maximum atomic E-state index is 6.17. The normalized spacial score (nSPS) is 22.1. The largest absolute Gasteiger partial charge is 0.490 e. The van der Waals surface area contributed by atoms with Crippen LogP contribution in [0.3, 0.4) is 0 Å². The molecule has 1 saturated carbocycles. The van der Waals surface area contributed by atoms with Gasteiger partial charge in [-0.1, -0.05) is 12.1 Å². The third-order valence-electron chi connectivity index (χ3n) is 3.25. The predicted octanol–water partition coefficient (Wildman–Crippen LogP) is 1.99. The van der Waals surface area contributed by atoms with E-state index in [9.17, 15) is 0 Å². The molecule has 1 saturated heterocycles. The second kappa shape index (κ2) is 5.26. The highest BCUT2D eigenvalue weighted by atomic mass is 16.7. The van der Waals surface area contributed by atoms with E-state index in [0.717, 1.165) is 11.3 Å². The maximum Gasteiger partial charge on any atom is 0.159 e. The van der Waals surface area contributed by atoms with E-state index in [0.29, 0.717) is 25.7 Å². The Morgan fingerprint density at radius 2 is 2.06 bits per heavy atom. The van der Waals surface area contributed by atoms with Gasteiger partial charge in [0, 0.05) is 12.5 Å². The fourth-order valence-corrected chi connectivity index (χ4v) is 2.08. The summed E-state index contributed by atoms with van der Waals surface area (Å²) < 4.78 is 16.6. The Bertz CT molecular complexity index is 400. The third-order valence-corrected chi connectivity index (χ3v) is 3.25. The van der Waals surface area contributed by atoms with Crippen molar-refractivity contribution in [2.24, 2.45) is 5.73 Å². The van der Waals surface area contributed by atoms with Gasteiger partial charge in [-0.15, -0.1) is 0 Å². The number of hydrogen-bond donors (Lipinski definition) is 1. The molecule has 3 rings (SSSR count). The summed E-state index contributed by atoms with van der Waals surface area (Å²) in [5.74, 6) is 0.915. The molecule has 0 radical (unpaired) electrons. The van der Waals surface area contributed by atoms with Crippen molar-refractivity contribution in [1.29, 1.82) is 0 Å². The van der Waals surface area contributed by atoms with Crippen LogP contribution in [0.4, 0.5) is 0 Å². The van der Waals surface area contributed by atoms with Crippen molar-refractivity contribution in [3.05, 3.63) is 29.8 Å². The lowest BCUT2D eigenvalue weighted by Gasteiger charge is -2.17. The molecule has 18 heavy (non-hydrogen) atoms. The quantitative estimate of drug-likeness (QED) is 0.867. The lowest BCUT2D eigenvalue weighted by Crippen LogP contribution is -2.19. The van der Waals surface area contributed by atoms with Gasteiger partial charge in [-0.25, -0.2) is 0 Å². The Hall–Kier alpha value is -1.10. The molecule has 0 amide bonds. The van der Waals surface area contributed by atoms with Crippen molar-refractivity contribution in [3.63, 3.8) is 0 Å². The van der Waals surface area contributed by atoms with E-state index in [1.807, 2.05) is 24.3 Å². The van der Waals surface area contributed by atoms with Gasteiger partial charge in [-0.05, 0) is 30.5 Å². The van der Waals surface area contributed by atoms with E-state index in [1.165, 1.54) is 12.8 Å². The lowest BCUT2D eigenvalue weighted by atomic mass is 10.0. The first-order valence-corrected chi connectivity index (χ1v) is 6.56. The zero-order valence-corrected chi connectivity index (χ0v) is 10.4. The van der Waals surface area contributed by atoms with Gasteiger partial charge >= 0.3 is 0 Å². The van der Waals surface area contributed by atoms with Crippen molar-refractivity contribution in [2.45, 2.75) is 37.7 Å². The minimum Gasteiger partial charge on any atom is -0.490 e. The van der Waals surface area contributed by atoms with Crippen molar-refractivity contribution in [2.75, 3.05) is 13.2 Å². The number of rotatable bonds is 5. The third kappa shape index (κ3) is 3.02. The smallest absolute Gasteiger partial charge is 0.159 e. The SMILES string of the molecule is NC(CC1OCCO1)c1cccc(OC2CC2)c1. The average Bonchev–Trinajstić information content (AvgIpc) is 3.04. The highest BCUT2D eigenvalue weighted by Gasteiger charge is 2.24. The van der Waals surface area contributed by atoms with E-state index < -0.39 is 0 Å². The zero-order chi connectivity index (χ0) is 12.4. The molecule has 1 heterocycles. The molecule has 1 aromatic carbocycles. The van der Waals surface area contributed by atoms with Gasteiger partial charge < -0.3 is 19.9 Å². The summed E-state index contributed by atoms with van der Waals surface area (Å²) in [7, 11) is 0. The second-order valence-electron chi connectivity index (χ2n) is 4.90. The van der Waals surface area contributed by atoms with Gasteiger partial charge in [0.05, 0.1) is 19.3 Å². The Kier molecular flexibility index (Phi) is 3.50. The van der Waals surface area contributed by atoms with E-state index in [1.54, 1.807) is 0 Å². The van der Waals surface area contributed by atoms with Gasteiger partial charge in [0.25, 0.3) is 0 Å². The molecule has 4 nitrogen and oxygen atoms in total. The van der Waals surface area contributed by atoms with E-state index in [4.69, 9.17) is 19.9 Å². The van der Waals surface area contributed by atoms with Crippen LogP contribution < -0.4 is 10.5 Å². The predicted molar refractivity (Wildman–Crippen MR) is 67.3 cm³/mol. The van der Waals surface area contributed by atoms with Gasteiger partial charge in [0.15, 0.2) is 6.29 Å². The summed E-state index contributed by atoms with van der Waals surface area (Å²) >= 11 is 0. The average molecular weight is 249 g/mol. The Balaban J connectivity index is 1.62. The molecule has 2 aliphatic rings. The molecule has 1 aromatic rings. The van der Waals surface area contributed by atoms with Gasteiger partial charge in [0.2, 0.25) is 0 Å². The summed E-state index contributed by atoms with van der Waals surface area (Å²) in [5.41, 5.74) is 7.25. The molecule has 1 aliphatic carbocycles. The molecular formula is C14H19NO3. The fourth-order valence-electron chi connectivity index (χ4n) is 2.08. The molecule has 98 valence electrons. The Morgan fingerprint density at radius 1 is 1.28 bits per heavy atom. The minimum absolute atomic E-state index is 0.0733. The summed E-state index contributed by atoms with van der Waals surface area (Å²) in [5, 5.41) is 0. The Labute approximate surface area is 107 Å².